The van der Waals surface area contributed by atoms with Gasteiger partial charge in [-0.3, -0.25) is 4.79 Å². The number of carbonyl (C=O) groups excluding carboxylic acids is 1. The van der Waals surface area contributed by atoms with Gasteiger partial charge in [-0.2, -0.15) is 0 Å². The zero-order chi connectivity index (χ0) is 15.4. The summed E-state index contributed by atoms with van der Waals surface area (Å²) in [5.41, 5.74) is 1.21. The van der Waals surface area contributed by atoms with Crippen molar-refractivity contribution in [1.29, 1.82) is 0 Å². The molecule has 1 aromatic heterocycles. The fourth-order valence-electron chi connectivity index (χ4n) is 1.66. The Kier molecular flexibility index (Phi) is 5.44. The molecule has 0 atom stereocenters. The molecule has 2 N–H and O–H groups in total. The van der Waals surface area contributed by atoms with Crippen molar-refractivity contribution in [3.8, 4) is 0 Å². The number of nitrogens with one attached hydrogen (secondary N) is 1. The van der Waals surface area contributed by atoms with E-state index in [9.17, 15) is 9.59 Å². The van der Waals surface area contributed by atoms with Crippen molar-refractivity contribution in [1.82, 2.24) is 0 Å². The molecule has 0 aliphatic carbocycles. The molecule has 0 unspecified atom stereocenters. The number of amides is 1. The molecule has 0 aliphatic heterocycles. The van der Waals surface area contributed by atoms with Crippen LogP contribution in [0.4, 0.5) is 5.00 Å². The minimum absolute atomic E-state index is 0.123. The van der Waals surface area contributed by atoms with Crippen molar-refractivity contribution < 1.29 is 14.7 Å². The third-order valence-corrected chi connectivity index (χ3v) is 5.14. The van der Waals surface area contributed by atoms with Gasteiger partial charge in [-0.15, -0.1) is 23.1 Å². The van der Waals surface area contributed by atoms with Crippen LogP contribution in [0.15, 0.2) is 39.0 Å². The largest absolute Gasteiger partial charge is 0.478 e. The summed E-state index contributed by atoms with van der Waals surface area (Å²) in [6, 6.07) is 7.34. The molecule has 4 nitrogen and oxygen atoms in total. The number of carbonyl (C=O) groups is 2. The highest BCUT2D eigenvalue weighted by Crippen LogP contribution is 2.27. The average Bonchev–Trinajstić information content (AvgIpc) is 2.86. The number of carboxylic acid groups (broad SMARTS) is 1. The number of aromatic carboxylic acids is 1. The lowest BCUT2D eigenvalue weighted by molar-refractivity contribution is -0.113. The summed E-state index contributed by atoms with van der Waals surface area (Å²) < 4.78 is 0.999. The Morgan fingerprint density at radius 2 is 2.14 bits per heavy atom. The number of thiophene rings is 1. The number of benzene rings is 1. The predicted octanol–water partition coefficient (Wildman–Crippen LogP) is 4.25. The molecule has 7 heteroatoms. The highest BCUT2D eigenvalue weighted by atomic mass is 79.9. The Balaban J connectivity index is 1.96. The van der Waals surface area contributed by atoms with Crippen LogP contribution in [0.2, 0.25) is 0 Å². The molecule has 0 radical (unpaired) electrons. The second-order valence-corrected chi connectivity index (χ2v) is 7.06. The summed E-state index contributed by atoms with van der Waals surface area (Å²) in [4.78, 5) is 23.9. The molecular weight excluding hydrogens is 374 g/mol. The summed E-state index contributed by atoms with van der Waals surface area (Å²) in [5.74, 6) is -1.02. The molecule has 2 aromatic rings. The van der Waals surface area contributed by atoms with Crippen LogP contribution in [-0.2, 0) is 4.79 Å². The minimum atomic E-state index is -1.04. The van der Waals surface area contributed by atoms with E-state index in [-0.39, 0.29) is 17.2 Å². The van der Waals surface area contributed by atoms with Crippen molar-refractivity contribution in [3.05, 3.63) is 45.2 Å². The summed E-state index contributed by atoms with van der Waals surface area (Å²) >= 11 is 6.02. The van der Waals surface area contributed by atoms with Crippen LogP contribution in [0.3, 0.4) is 0 Å². The number of halogens is 1. The van der Waals surface area contributed by atoms with Crippen molar-refractivity contribution >= 4 is 55.9 Å². The number of aryl methyl sites for hydroxylation is 1. The van der Waals surface area contributed by atoms with Gasteiger partial charge < -0.3 is 10.4 Å². The number of carboxylic acids is 1. The van der Waals surface area contributed by atoms with Crippen LogP contribution in [0.1, 0.15) is 15.9 Å². The van der Waals surface area contributed by atoms with E-state index in [1.165, 1.54) is 29.2 Å². The van der Waals surface area contributed by atoms with Gasteiger partial charge >= 0.3 is 5.97 Å². The molecule has 0 bridgehead atoms. The lowest BCUT2D eigenvalue weighted by Gasteiger charge is -2.07. The van der Waals surface area contributed by atoms with Crippen LogP contribution in [0.5, 0.6) is 0 Å². The van der Waals surface area contributed by atoms with Gasteiger partial charge in [0.2, 0.25) is 5.91 Å². The van der Waals surface area contributed by atoms with Crippen molar-refractivity contribution in [2.75, 3.05) is 11.1 Å². The highest BCUT2D eigenvalue weighted by molar-refractivity contribution is 9.10. The first-order valence-corrected chi connectivity index (χ1v) is 8.63. The van der Waals surface area contributed by atoms with E-state index in [0.717, 1.165) is 14.9 Å². The van der Waals surface area contributed by atoms with E-state index >= 15 is 0 Å². The van der Waals surface area contributed by atoms with Gasteiger partial charge in [0.25, 0.3) is 0 Å². The zero-order valence-electron chi connectivity index (χ0n) is 11.1. The Hall–Kier alpha value is -1.31. The molecule has 0 saturated heterocycles. The summed E-state index contributed by atoms with van der Waals surface area (Å²) in [6.45, 7) is 1.98. The molecule has 1 aromatic carbocycles. The fraction of sp³-hybridized carbons (Fsp3) is 0.143. The van der Waals surface area contributed by atoms with Gasteiger partial charge in [-0.05, 0) is 42.1 Å². The van der Waals surface area contributed by atoms with E-state index in [2.05, 4.69) is 21.2 Å². The molecule has 110 valence electrons. The number of thioether (sulfide) groups is 1. The molecule has 1 heterocycles. The highest BCUT2D eigenvalue weighted by Gasteiger charge is 2.14. The number of rotatable bonds is 5. The molecule has 0 aliphatic rings. The van der Waals surface area contributed by atoms with Crippen LogP contribution in [0, 0.1) is 6.92 Å². The van der Waals surface area contributed by atoms with Gasteiger partial charge in [0.05, 0.1) is 11.3 Å². The fourth-order valence-corrected chi connectivity index (χ4v) is 3.74. The topological polar surface area (TPSA) is 66.4 Å². The molecule has 1 amide bonds. The molecule has 0 fully saturated rings. The standard InChI is InChI=1S/C14H12BrNO3S2/c1-8-6-9(15)2-3-11(8)21-7-12(17)16-13-10(14(18)19)4-5-20-13/h2-6H,7H2,1H3,(H,16,17)(H,18,19). The Morgan fingerprint density at radius 3 is 2.81 bits per heavy atom. The molecule has 0 spiro atoms. The normalized spacial score (nSPS) is 10.4. The summed E-state index contributed by atoms with van der Waals surface area (Å²) in [7, 11) is 0. The minimum Gasteiger partial charge on any atom is -0.478 e. The zero-order valence-corrected chi connectivity index (χ0v) is 14.3. The van der Waals surface area contributed by atoms with Gasteiger partial charge in [0.15, 0.2) is 0 Å². The maximum absolute atomic E-state index is 11.9. The molecule has 2 rings (SSSR count). The van der Waals surface area contributed by atoms with Crippen molar-refractivity contribution in [2.45, 2.75) is 11.8 Å². The van der Waals surface area contributed by atoms with E-state index in [0.29, 0.717) is 5.00 Å². The van der Waals surface area contributed by atoms with Gasteiger partial charge in [0.1, 0.15) is 5.00 Å². The van der Waals surface area contributed by atoms with Gasteiger partial charge in [-0.1, -0.05) is 15.9 Å². The Labute approximate surface area is 138 Å². The molecule has 21 heavy (non-hydrogen) atoms. The first-order chi connectivity index (χ1) is 9.97. The smallest absolute Gasteiger partial charge is 0.338 e. The lowest BCUT2D eigenvalue weighted by Crippen LogP contribution is -2.15. The third kappa shape index (κ3) is 4.33. The van der Waals surface area contributed by atoms with Crippen LogP contribution in [-0.4, -0.2) is 22.7 Å². The second kappa shape index (κ2) is 7.11. The summed E-state index contributed by atoms with van der Waals surface area (Å²) in [5, 5.41) is 13.6. The van der Waals surface area contributed by atoms with E-state index in [1.807, 2.05) is 25.1 Å². The van der Waals surface area contributed by atoms with Gasteiger partial charge in [-0.25, -0.2) is 4.79 Å². The molecule has 0 saturated carbocycles. The number of anilines is 1. The summed E-state index contributed by atoms with van der Waals surface area (Å²) in [6.07, 6.45) is 0. The monoisotopic (exact) mass is 385 g/mol. The average molecular weight is 386 g/mol. The van der Waals surface area contributed by atoms with E-state index in [4.69, 9.17) is 5.11 Å². The van der Waals surface area contributed by atoms with E-state index in [1.54, 1.807) is 5.38 Å². The lowest BCUT2D eigenvalue weighted by atomic mass is 10.2. The maximum atomic E-state index is 11.9. The third-order valence-electron chi connectivity index (χ3n) is 2.64. The second-order valence-electron chi connectivity index (χ2n) is 4.22. The quantitative estimate of drug-likeness (QED) is 0.754. The van der Waals surface area contributed by atoms with Crippen molar-refractivity contribution in [2.24, 2.45) is 0 Å². The maximum Gasteiger partial charge on any atom is 0.338 e. The number of hydrogen-bond acceptors (Lipinski definition) is 4. The van der Waals surface area contributed by atoms with Crippen LogP contribution < -0.4 is 5.32 Å². The van der Waals surface area contributed by atoms with E-state index < -0.39 is 5.97 Å². The van der Waals surface area contributed by atoms with Crippen LogP contribution >= 0.6 is 39.0 Å². The Morgan fingerprint density at radius 1 is 1.38 bits per heavy atom. The Bertz CT molecular complexity index is 685. The van der Waals surface area contributed by atoms with Gasteiger partial charge in [0, 0.05) is 9.37 Å². The van der Waals surface area contributed by atoms with Crippen LogP contribution in [0.25, 0.3) is 0 Å². The number of hydrogen-bond donors (Lipinski definition) is 2. The first kappa shape index (κ1) is 16.1. The predicted molar refractivity (Wildman–Crippen MR) is 89.5 cm³/mol. The molecular formula is C14H12BrNO3S2. The first-order valence-electron chi connectivity index (χ1n) is 5.97. The van der Waals surface area contributed by atoms with Crippen molar-refractivity contribution in [3.63, 3.8) is 0 Å². The SMILES string of the molecule is Cc1cc(Br)ccc1SCC(=O)Nc1sccc1C(=O)O.